The number of aliphatic hydroxyl groups is 1. The number of aliphatic carboxylic acids is 1. The van der Waals surface area contributed by atoms with E-state index in [1.165, 1.54) is 38.1 Å². The molecule has 0 aliphatic carbocycles. The van der Waals surface area contributed by atoms with E-state index in [2.05, 4.69) is 35.2 Å². The maximum absolute atomic E-state index is 11.9. The van der Waals surface area contributed by atoms with Crippen LogP contribution in [0.3, 0.4) is 0 Å². The van der Waals surface area contributed by atoms with Gasteiger partial charge in [-0.25, -0.2) is 0 Å². The van der Waals surface area contributed by atoms with Gasteiger partial charge in [-0.3, -0.25) is 14.4 Å². The molecule has 0 aromatic carbocycles. The Balaban J connectivity index is 4.75. The number of rotatable bonds is 21. The molecule has 0 aromatic heterocycles. The standard InChI is InChI=1S/C27H44N2O6S/c1-3-4-5-6-7-8-9-10-11-12-13-14-18-24(23(30)17-15-16-19-26(33)35-2)36-21-22(28)27(34)29-20-25(31)32/h7-8,10-14,18,22-24,30H,3-6,9,15-17,19-21,28H2,1-2H3,(H,29,34)(H,31,32)/b8-7+,11-10-,13-12+,18-14+/t22-,23-,24+/m0/s1/i21+1,22+1,27+1,28+1. The number of carbonyl (C=O) groups excluding carboxylic acids is 2. The molecular formula is C27H44N2O6S. The normalized spacial score (nSPS) is 14.6. The predicted octanol–water partition coefficient (Wildman–Crippen LogP) is 3.91. The van der Waals surface area contributed by atoms with E-state index in [0.29, 0.717) is 25.7 Å². The van der Waals surface area contributed by atoms with E-state index < -0.39 is 30.6 Å². The number of unbranched alkanes of at least 4 members (excludes halogenated alkanes) is 4. The van der Waals surface area contributed by atoms with Crippen molar-refractivity contribution in [2.45, 2.75) is 82.1 Å². The van der Waals surface area contributed by atoms with E-state index in [0.717, 1.165) is 12.8 Å². The van der Waals surface area contributed by atoms with E-state index in [9.17, 15) is 19.5 Å². The molecule has 0 radical (unpaired) electrons. The van der Waals surface area contributed by atoms with Crippen LogP contribution in [0, 0.1) is 0 Å². The van der Waals surface area contributed by atoms with Gasteiger partial charge in [-0.15, -0.1) is 11.8 Å². The Morgan fingerprint density at radius 2 is 1.78 bits per heavy atom. The quantitative estimate of drug-likeness (QED) is 0.0439. The van der Waals surface area contributed by atoms with Crippen LogP contribution in [0.15, 0.2) is 48.6 Å². The number of allylic oxidation sites excluding steroid dienone is 7. The number of esters is 1. The molecule has 8 nitrogen and oxygen atoms in total. The minimum absolute atomic E-state index is 0.216. The summed E-state index contributed by atoms with van der Waals surface area (Å²) in [7, 11) is 1.35. The van der Waals surface area contributed by atoms with Crippen LogP contribution in [0.5, 0.6) is 0 Å². The van der Waals surface area contributed by atoms with Crippen molar-refractivity contribution in [1.29, 1.82) is 0 Å². The zero-order valence-corrected chi connectivity index (χ0v) is 22.5. The van der Waals surface area contributed by atoms with Crippen LogP contribution in [0.25, 0.3) is 0 Å². The molecule has 0 unspecified atom stereocenters. The van der Waals surface area contributed by atoms with E-state index in [1.807, 2.05) is 30.4 Å². The highest BCUT2D eigenvalue weighted by molar-refractivity contribution is 8.00. The molecule has 0 aliphatic heterocycles. The number of carboxylic acid groups (broad SMARTS) is 1. The number of thioether (sulfide) groups is 1. The third-order valence-electron chi connectivity index (χ3n) is 5.14. The fourth-order valence-electron chi connectivity index (χ4n) is 3.03. The number of nitrogens with one attached hydrogen (secondary N) is 1. The summed E-state index contributed by atoms with van der Waals surface area (Å²) in [5.74, 6) is -1.76. The van der Waals surface area contributed by atoms with Crippen molar-refractivity contribution in [2.75, 3.05) is 19.4 Å². The minimum atomic E-state index is -1.14. The van der Waals surface area contributed by atoms with Crippen molar-refractivity contribution >= 4 is 29.6 Å². The monoisotopic (exact) mass is 528 g/mol. The summed E-state index contributed by atoms with van der Waals surface area (Å²) >= 11 is 1.33. The Morgan fingerprint density at radius 3 is 2.47 bits per heavy atom. The second kappa shape index (κ2) is 23.1. The van der Waals surface area contributed by atoms with Crippen molar-refractivity contribution < 1.29 is 29.3 Å². The number of hydrogen-bond donors (Lipinski definition) is 4. The lowest BCUT2D eigenvalue weighted by atomic mass is 10.1. The molecule has 1 amide bonds. The number of amides is 1. The van der Waals surface area contributed by atoms with Crippen LogP contribution >= 0.6 is 11.8 Å². The van der Waals surface area contributed by atoms with Gasteiger partial charge < -0.3 is 26.0 Å². The van der Waals surface area contributed by atoms with Gasteiger partial charge in [0.05, 0.1) is 19.3 Å². The SMILES string of the molecule is CCCCC/C=C/C\C=C/C=C/C=C/[C@@H](S[13CH2][13C@H]([15NH2])[13C](=O)NCC(=O)O)[C@@H](O)CCCCC(=O)OC. The highest BCUT2D eigenvalue weighted by Gasteiger charge is 2.21. The lowest BCUT2D eigenvalue weighted by Gasteiger charge is -2.21. The van der Waals surface area contributed by atoms with Gasteiger partial charge in [0.1, 0.15) is 6.54 Å². The third-order valence-corrected chi connectivity index (χ3v) is 6.55. The van der Waals surface area contributed by atoms with Gasteiger partial charge in [-0.2, -0.15) is 0 Å². The Morgan fingerprint density at radius 1 is 1.03 bits per heavy atom. The van der Waals surface area contributed by atoms with Gasteiger partial charge in [-0.05, 0) is 32.1 Å². The molecule has 0 aromatic rings. The zero-order valence-electron chi connectivity index (χ0n) is 21.6. The molecular weight excluding hydrogens is 484 g/mol. The number of carbonyl (C=O) groups is 3. The molecule has 0 bridgehead atoms. The first-order valence-electron chi connectivity index (χ1n) is 12.6. The molecule has 0 heterocycles. The van der Waals surface area contributed by atoms with Crippen LogP contribution in [-0.4, -0.2) is 64.9 Å². The van der Waals surface area contributed by atoms with Crippen LogP contribution in [0.2, 0.25) is 0 Å². The van der Waals surface area contributed by atoms with Crippen LogP contribution in [0.4, 0.5) is 0 Å². The summed E-state index contributed by atoms with van der Waals surface area (Å²) in [5, 5.41) is 21.3. The number of nitrogens with two attached hydrogens (primary N) is 1. The molecule has 36 heavy (non-hydrogen) atoms. The lowest BCUT2D eigenvalue weighted by molar-refractivity contribution is -0.140. The Labute approximate surface area is 220 Å². The van der Waals surface area contributed by atoms with Gasteiger partial charge in [0.2, 0.25) is 5.91 Å². The molecule has 204 valence electrons. The van der Waals surface area contributed by atoms with Crippen LogP contribution in [0.1, 0.15) is 64.7 Å². The lowest BCUT2D eigenvalue weighted by Crippen LogP contribution is -2.44. The highest BCUT2D eigenvalue weighted by Crippen LogP contribution is 2.21. The number of hydrogen-bond acceptors (Lipinski definition) is 7. The van der Waals surface area contributed by atoms with Gasteiger partial charge in [0.25, 0.3) is 0 Å². The molecule has 0 saturated carbocycles. The van der Waals surface area contributed by atoms with Crippen LogP contribution in [-0.2, 0) is 19.1 Å². The number of methoxy groups -OCH3 is 1. The first-order valence-corrected chi connectivity index (χ1v) is 13.6. The van der Waals surface area contributed by atoms with Crippen molar-refractivity contribution in [3.63, 3.8) is 0 Å². The Bertz CT molecular complexity index is 736. The molecule has 0 aliphatic rings. The largest absolute Gasteiger partial charge is 0.480 e. The first-order chi connectivity index (χ1) is 17.3. The highest BCUT2D eigenvalue weighted by atomic mass is 32.2. The predicted molar refractivity (Wildman–Crippen MR) is 147 cm³/mol. The zero-order chi connectivity index (χ0) is 27.0. The molecule has 3 atom stereocenters. The van der Waals surface area contributed by atoms with Gasteiger partial charge >= 0.3 is 11.9 Å². The van der Waals surface area contributed by atoms with E-state index in [-0.39, 0.29) is 17.0 Å². The molecule has 0 saturated heterocycles. The first kappa shape index (κ1) is 33.6. The molecule has 0 spiro atoms. The maximum Gasteiger partial charge on any atom is 0.322 e. The third kappa shape index (κ3) is 19.9. The van der Waals surface area contributed by atoms with Gasteiger partial charge in [0.15, 0.2) is 0 Å². The second-order valence-electron chi connectivity index (χ2n) is 8.31. The topological polar surface area (TPSA) is 139 Å². The minimum Gasteiger partial charge on any atom is -0.480 e. The second-order valence-corrected chi connectivity index (χ2v) is 9.52. The molecule has 0 fully saturated rings. The average Bonchev–Trinajstić information content (AvgIpc) is 2.86. The van der Waals surface area contributed by atoms with Crippen molar-refractivity contribution in [3.05, 3.63) is 48.6 Å². The van der Waals surface area contributed by atoms with Crippen molar-refractivity contribution in [2.24, 2.45) is 5.73 Å². The van der Waals surface area contributed by atoms with Crippen molar-refractivity contribution in [3.8, 4) is 0 Å². The van der Waals surface area contributed by atoms with Gasteiger partial charge in [0, 0.05) is 17.4 Å². The average molecular weight is 529 g/mol. The summed E-state index contributed by atoms with van der Waals surface area (Å²) in [4.78, 5) is 33.8. The summed E-state index contributed by atoms with van der Waals surface area (Å²) in [6.45, 7) is 1.71. The van der Waals surface area contributed by atoms with Gasteiger partial charge in [-0.1, -0.05) is 74.8 Å². The summed E-state index contributed by atoms with van der Waals surface area (Å²) < 4.78 is 4.63. The fraction of sp³-hybridized carbons (Fsp3) is 0.593. The van der Waals surface area contributed by atoms with Crippen molar-refractivity contribution in [1.82, 2.24) is 5.32 Å². The van der Waals surface area contributed by atoms with E-state index >= 15 is 0 Å². The Kier molecular flexibility index (Phi) is 21.6. The molecule has 9 heteroatoms. The van der Waals surface area contributed by atoms with Crippen LogP contribution < -0.4 is 11.1 Å². The maximum atomic E-state index is 11.9. The summed E-state index contributed by atoms with van der Waals surface area (Å²) in [6, 6.07) is -0.898. The Hall–Kier alpha value is -2.36. The van der Waals surface area contributed by atoms with E-state index in [1.54, 1.807) is 0 Å². The fourth-order valence-corrected chi connectivity index (χ4v) is 4.17. The molecule has 0 rings (SSSR count). The number of ether oxygens (including phenoxy) is 1. The van der Waals surface area contributed by atoms with E-state index in [4.69, 9.17) is 10.8 Å². The summed E-state index contributed by atoms with van der Waals surface area (Å²) in [6.07, 6.45) is 23.0. The summed E-state index contributed by atoms with van der Waals surface area (Å²) in [5.41, 5.74) is 5.88. The molecule has 5 N–H and O–H groups in total. The number of carboxylic acids is 1. The number of aliphatic hydroxyl groups excluding tert-OH is 1. The smallest absolute Gasteiger partial charge is 0.322 e.